The van der Waals surface area contributed by atoms with Gasteiger partial charge in [-0.2, -0.15) is 0 Å². The van der Waals surface area contributed by atoms with Gasteiger partial charge in [-0.1, -0.05) is 42.5 Å². The lowest BCUT2D eigenvalue weighted by Crippen LogP contribution is -2.41. The number of carbonyl (C=O) groups is 1. The van der Waals surface area contributed by atoms with E-state index in [4.69, 9.17) is 14.6 Å². The van der Waals surface area contributed by atoms with Gasteiger partial charge < -0.3 is 14.6 Å². The summed E-state index contributed by atoms with van der Waals surface area (Å²) < 4.78 is 11.4. The molecule has 0 spiro atoms. The van der Waals surface area contributed by atoms with Crippen LogP contribution in [0.3, 0.4) is 0 Å². The molecule has 1 saturated heterocycles. The summed E-state index contributed by atoms with van der Waals surface area (Å²) in [4.78, 5) is 16.0. The average molecular weight is 447 g/mol. The minimum absolute atomic E-state index is 0.313. The number of benzene rings is 3. The molecule has 0 unspecified atom stereocenters. The Morgan fingerprint density at radius 3 is 2.03 bits per heavy atom. The van der Waals surface area contributed by atoms with Gasteiger partial charge in [0, 0.05) is 39.3 Å². The van der Waals surface area contributed by atoms with Crippen LogP contribution in [0.2, 0.25) is 0 Å². The summed E-state index contributed by atoms with van der Waals surface area (Å²) in [7, 11) is 0. The van der Waals surface area contributed by atoms with Crippen molar-refractivity contribution in [2.75, 3.05) is 39.4 Å². The van der Waals surface area contributed by atoms with Crippen LogP contribution in [0.1, 0.15) is 21.5 Å². The molecule has 172 valence electrons. The maximum absolute atomic E-state index is 11.2. The van der Waals surface area contributed by atoms with Crippen molar-refractivity contribution in [2.24, 2.45) is 0 Å². The maximum Gasteiger partial charge on any atom is 0.335 e. The molecule has 4 rings (SSSR count). The van der Waals surface area contributed by atoms with Crippen LogP contribution < -0.4 is 4.74 Å². The zero-order chi connectivity index (χ0) is 22.9. The van der Waals surface area contributed by atoms with Gasteiger partial charge in [0.05, 0.1) is 18.8 Å². The number of nitrogens with zero attached hydrogens (tertiary/aromatic N) is 2. The van der Waals surface area contributed by atoms with E-state index in [0.717, 1.165) is 69.5 Å². The predicted octanol–water partition coefficient (Wildman–Crippen LogP) is 4.51. The molecule has 0 radical (unpaired) electrons. The number of carboxylic acids is 1. The largest absolute Gasteiger partial charge is 0.478 e. The third-order valence-electron chi connectivity index (χ3n) is 5.75. The summed E-state index contributed by atoms with van der Waals surface area (Å²) in [5, 5.41) is 9.16. The molecule has 3 aromatic rings. The van der Waals surface area contributed by atoms with Crippen LogP contribution in [0, 0.1) is 0 Å². The van der Waals surface area contributed by atoms with Gasteiger partial charge >= 0.3 is 5.97 Å². The first-order chi connectivity index (χ1) is 16.2. The number of carboxylic acid groups (broad SMARTS) is 1. The van der Waals surface area contributed by atoms with E-state index in [1.165, 1.54) is 5.56 Å². The number of hydrogen-bond acceptors (Lipinski definition) is 5. The number of hydrogen-bond donors (Lipinski definition) is 1. The topological polar surface area (TPSA) is 62.2 Å². The summed E-state index contributed by atoms with van der Waals surface area (Å²) in [5.41, 5.74) is 2.62. The summed E-state index contributed by atoms with van der Waals surface area (Å²) in [5.74, 6) is 0.736. The molecule has 1 aliphatic heterocycles. The van der Waals surface area contributed by atoms with Crippen molar-refractivity contribution in [2.45, 2.75) is 13.1 Å². The minimum Gasteiger partial charge on any atom is -0.478 e. The number of ether oxygens (including phenoxy) is 2. The molecule has 0 aromatic heterocycles. The third kappa shape index (κ3) is 7.15. The normalized spacial score (nSPS) is 14.3. The van der Waals surface area contributed by atoms with Gasteiger partial charge in [-0.05, 0) is 47.5 Å². The molecule has 1 aliphatic rings. The molecule has 0 amide bonds. The monoisotopic (exact) mass is 446 g/mol. The highest BCUT2D eigenvalue weighted by atomic mass is 16.5. The second-order valence-corrected chi connectivity index (χ2v) is 8.23. The van der Waals surface area contributed by atoms with Crippen LogP contribution in [-0.4, -0.2) is 60.3 Å². The first kappa shape index (κ1) is 23.0. The Bertz CT molecular complexity index is 1000. The molecule has 1 N–H and O–H groups in total. The number of rotatable bonds is 10. The van der Waals surface area contributed by atoms with Crippen molar-refractivity contribution < 1.29 is 19.4 Å². The second kappa shape index (κ2) is 11.6. The van der Waals surface area contributed by atoms with E-state index in [0.29, 0.717) is 5.56 Å². The predicted molar refractivity (Wildman–Crippen MR) is 128 cm³/mol. The summed E-state index contributed by atoms with van der Waals surface area (Å²) in [6.45, 7) is 6.97. The minimum atomic E-state index is -0.900. The first-order valence-corrected chi connectivity index (χ1v) is 11.3. The molecule has 0 saturated carbocycles. The van der Waals surface area contributed by atoms with Crippen molar-refractivity contribution in [3.63, 3.8) is 0 Å². The van der Waals surface area contributed by atoms with Gasteiger partial charge in [0.1, 0.15) is 11.5 Å². The fourth-order valence-electron chi connectivity index (χ4n) is 3.88. The van der Waals surface area contributed by atoms with E-state index in [2.05, 4.69) is 21.9 Å². The Hall–Kier alpha value is -3.19. The lowest BCUT2D eigenvalue weighted by atomic mass is 10.1. The molecular weight excluding hydrogens is 416 g/mol. The van der Waals surface area contributed by atoms with Crippen molar-refractivity contribution >= 4 is 5.97 Å². The molecule has 0 atom stereocenters. The Labute approximate surface area is 195 Å². The Balaban J connectivity index is 1.40. The summed E-state index contributed by atoms with van der Waals surface area (Å²) in [6.07, 6.45) is 0. The molecule has 0 aliphatic carbocycles. The van der Waals surface area contributed by atoms with E-state index in [1.807, 2.05) is 54.6 Å². The third-order valence-corrected chi connectivity index (χ3v) is 5.75. The second-order valence-electron chi connectivity index (χ2n) is 8.23. The maximum atomic E-state index is 11.2. The highest BCUT2D eigenvalue weighted by molar-refractivity contribution is 5.87. The zero-order valence-electron chi connectivity index (χ0n) is 18.7. The lowest BCUT2D eigenvalue weighted by molar-refractivity contribution is 0.0325. The van der Waals surface area contributed by atoms with Crippen molar-refractivity contribution in [1.29, 1.82) is 0 Å². The highest BCUT2D eigenvalue weighted by Crippen LogP contribution is 2.22. The number of para-hydroxylation sites is 1. The molecule has 33 heavy (non-hydrogen) atoms. The van der Waals surface area contributed by atoms with Crippen LogP contribution in [0.5, 0.6) is 11.5 Å². The Morgan fingerprint density at radius 2 is 1.42 bits per heavy atom. The summed E-state index contributed by atoms with van der Waals surface area (Å²) >= 11 is 0. The van der Waals surface area contributed by atoms with Crippen LogP contribution in [0.25, 0.3) is 0 Å². The molecule has 6 nitrogen and oxygen atoms in total. The molecule has 1 fully saturated rings. The standard InChI is InChI=1S/C27H30N2O4/c30-27(31)24-10-6-22(7-11-24)20-29(15-14-28-16-18-32-19-17-28)21-23-8-12-26(13-9-23)33-25-4-2-1-3-5-25/h1-13H,14-21H2,(H,30,31). The summed E-state index contributed by atoms with van der Waals surface area (Å²) in [6, 6.07) is 25.1. The van der Waals surface area contributed by atoms with Crippen LogP contribution in [-0.2, 0) is 17.8 Å². The van der Waals surface area contributed by atoms with Gasteiger partial charge in [0.15, 0.2) is 0 Å². The van der Waals surface area contributed by atoms with E-state index in [-0.39, 0.29) is 0 Å². The van der Waals surface area contributed by atoms with Crippen molar-refractivity contribution in [1.82, 2.24) is 9.80 Å². The van der Waals surface area contributed by atoms with E-state index < -0.39 is 5.97 Å². The van der Waals surface area contributed by atoms with E-state index >= 15 is 0 Å². The van der Waals surface area contributed by atoms with Gasteiger partial charge in [0.2, 0.25) is 0 Å². The smallest absolute Gasteiger partial charge is 0.335 e. The molecule has 3 aromatic carbocycles. The lowest BCUT2D eigenvalue weighted by Gasteiger charge is -2.30. The fourth-order valence-corrected chi connectivity index (χ4v) is 3.88. The average Bonchev–Trinajstić information content (AvgIpc) is 2.85. The molecule has 6 heteroatoms. The highest BCUT2D eigenvalue weighted by Gasteiger charge is 2.14. The Kier molecular flexibility index (Phi) is 8.09. The SMILES string of the molecule is O=C(O)c1ccc(CN(CCN2CCOCC2)Cc2ccc(Oc3ccccc3)cc2)cc1. The Morgan fingerprint density at radius 1 is 0.848 bits per heavy atom. The molecule has 0 bridgehead atoms. The van der Waals surface area contributed by atoms with Crippen molar-refractivity contribution in [3.05, 3.63) is 95.6 Å². The van der Waals surface area contributed by atoms with Gasteiger partial charge in [0.25, 0.3) is 0 Å². The number of morpholine rings is 1. The first-order valence-electron chi connectivity index (χ1n) is 11.3. The van der Waals surface area contributed by atoms with Crippen molar-refractivity contribution in [3.8, 4) is 11.5 Å². The van der Waals surface area contributed by atoms with E-state index in [1.54, 1.807) is 12.1 Å². The van der Waals surface area contributed by atoms with Crippen LogP contribution in [0.4, 0.5) is 0 Å². The quantitative estimate of drug-likeness (QED) is 0.494. The van der Waals surface area contributed by atoms with Crippen LogP contribution >= 0.6 is 0 Å². The van der Waals surface area contributed by atoms with Gasteiger partial charge in [-0.15, -0.1) is 0 Å². The van der Waals surface area contributed by atoms with E-state index in [9.17, 15) is 4.79 Å². The zero-order valence-corrected chi connectivity index (χ0v) is 18.7. The van der Waals surface area contributed by atoms with Gasteiger partial charge in [-0.25, -0.2) is 4.79 Å². The van der Waals surface area contributed by atoms with Crippen LogP contribution in [0.15, 0.2) is 78.9 Å². The van der Waals surface area contributed by atoms with Gasteiger partial charge in [-0.3, -0.25) is 9.80 Å². The molecular formula is C27H30N2O4. The fraction of sp³-hybridized carbons (Fsp3) is 0.296. The number of aromatic carboxylic acids is 1. The molecule has 1 heterocycles.